The first-order chi connectivity index (χ1) is 19.0. The Morgan fingerprint density at radius 2 is 1.63 bits per heavy atom. The molecule has 0 saturated carbocycles. The minimum Gasteiger partial charge on any atom is -0.339 e. The van der Waals surface area contributed by atoms with Gasteiger partial charge >= 0.3 is 6.08 Å². The van der Waals surface area contributed by atoms with Gasteiger partial charge in [0.05, 0.1) is 21.4 Å². The van der Waals surface area contributed by atoms with E-state index in [9.17, 15) is 39.5 Å². The number of carbonyl (C=O) groups is 1. The largest absolute Gasteiger partial charge is 0.339 e. The number of nitrogens with one attached hydrogen (secondary N) is 1. The third-order valence-corrected chi connectivity index (χ3v) is 8.02. The molecule has 3 aromatic rings. The number of aromatic nitrogens is 2. The lowest BCUT2D eigenvalue weighted by Crippen LogP contribution is -2.30. The second kappa shape index (κ2) is 11.1. The van der Waals surface area contributed by atoms with E-state index < -0.39 is 75.6 Å². The molecule has 3 N–H and O–H groups in total. The number of amides is 1. The minimum atomic E-state index is -4.88. The molecule has 1 aliphatic rings. The molecule has 216 valence electrons. The maximum Gasteiger partial charge on any atom is 0.313 e. The third-order valence-electron chi connectivity index (χ3n) is 5.17. The molecule has 0 radical (unpaired) electrons. The zero-order valence-electron chi connectivity index (χ0n) is 19.8. The molecule has 41 heavy (non-hydrogen) atoms. The van der Waals surface area contributed by atoms with Gasteiger partial charge in [0.25, 0.3) is 26.1 Å². The molecule has 1 amide bonds. The highest BCUT2D eigenvalue weighted by molar-refractivity contribution is 7.86. The molecule has 21 heteroatoms. The van der Waals surface area contributed by atoms with Crippen molar-refractivity contribution in [2.75, 3.05) is 10.3 Å². The van der Waals surface area contributed by atoms with Gasteiger partial charge in [0.2, 0.25) is 5.95 Å². The second-order valence-corrected chi connectivity index (χ2v) is 11.9. The first-order valence-corrected chi connectivity index (χ1v) is 14.5. The number of carbonyl (C=O) groups excluding carboxylic acids is 1. The fraction of sp³-hybridized carbons (Fsp3) is 0.100. The fourth-order valence-corrected chi connectivity index (χ4v) is 5.43. The van der Waals surface area contributed by atoms with Crippen LogP contribution in [0.1, 0.15) is 6.92 Å². The van der Waals surface area contributed by atoms with Crippen LogP contribution < -0.4 is 10.3 Å². The van der Waals surface area contributed by atoms with Crippen LogP contribution in [0.25, 0.3) is 0 Å². The van der Waals surface area contributed by atoms with Crippen LogP contribution in [0.3, 0.4) is 0 Å². The number of hydrogen-bond acceptors (Lipinski definition) is 11. The summed E-state index contributed by atoms with van der Waals surface area (Å²) in [5.74, 6) is -2.76. The Morgan fingerprint density at radius 3 is 2.27 bits per heavy atom. The average Bonchev–Trinajstić information content (AvgIpc) is 3.13. The van der Waals surface area contributed by atoms with Crippen LogP contribution in [-0.2, 0) is 25.0 Å². The SMILES string of the molecule is CC1=NN(c2cc(Cl)c(S(=O)(=O)O)cc2Cl)C(=O)C1N=Nc1cc(Nc2nc(F)nc(F)c2Cl)ccc1S(=O)(=O)O. The van der Waals surface area contributed by atoms with Gasteiger partial charge in [0, 0.05) is 5.69 Å². The number of nitrogens with zero attached hydrogens (tertiary/aromatic N) is 6. The van der Waals surface area contributed by atoms with E-state index in [1.807, 2.05) is 0 Å². The van der Waals surface area contributed by atoms with E-state index in [0.29, 0.717) is 0 Å². The summed E-state index contributed by atoms with van der Waals surface area (Å²) >= 11 is 17.7. The molecule has 0 fully saturated rings. The van der Waals surface area contributed by atoms with E-state index in [2.05, 4.69) is 30.6 Å². The summed E-state index contributed by atoms with van der Waals surface area (Å²) in [5.41, 5.74) is -0.708. The molecule has 2 heterocycles. The number of benzene rings is 2. The number of anilines is 3. The molecule has 1 aliphatic heterocycles. The van der Waals surface area contributed by atoms with Gasteiger partial charge in [0.15, 0.2) is 11.9 Å². The molecule has 0 saturated heterocycles. The third kappa shape index (κ3) is 6.43. The lowest BCUT2D eigenvalue weighted by molar-refractivity contribution is -0.117. The number of azo groups is 1. The normalized spacial score (nSPS) is 16.0. The van der Waals surface area contributed by atoms with Crippen LogP contribution >= 0.6 is 34.8 Å². The summed E-state index contributed by atoms with van der Waals surface area (Å²) in [4.78, 5) is 17.8. The molecule has 4 rings (SSSR count). The second-order valence-electron chi connectivity index (χ2n) is 7.95. The van der Waals surface area contributed by atoms with Crippen LogP contribution in [0.5, 0.6) is 0 Å². The lowest BCUT2D eigenvalue weighted by atomic mass is 10.2. The first-order valence-electron chi connectivity index (χ1n) is 10.5. The molecular formula is C20H12Cl3F2N7O7S2. The van der Waals surface area contributed by atoms with Crippen molar-refractivity contribution in [3.63, 3.8) is 0 Å². The van der Waals surface area contributed by atoms with Crippen molar-refractivity contribution >= 4 is 89.5 Å². The van der Waals surface area contributed by atoms with E-state index in [4.69, 9.17) is 34.8 Å². The van der Waals surface area contributed by atoms with Crippen molar-refractivity contribution in [1.82, 2.24) is 9.97 Å². The summed E-state index contributed by atoms with van der Waals surface area (Å²) in [5, 5.41) is 13.3. The van der Waals surface area contributed by atoms with Crippen molar-refractivity contribution in [2.45, 2.75) is 22.8 Å². The molecule has 0 bridgehead atoms. The Morgan fingerprint density at radius 1 is 0.976 bits per heavy atom. The number of hydrogen-bond donors (Lipinski definition) is 3. The van der Waals surface area contributed by atoms with E-state index >= 15 is 0 Å². The molecule has 0 spiro atoms. The standard InChI is InChI=1S/C20H12Cl3F2N7O7S2/c1-7-16(19(33)32(31-7)12-5-10(22)14(6-9(12)21)41(37,38)39)30-29-11-4-8(2-3-13(11)40(34,35)36)26-18-15(23)17(24)27-20(25)28-18/h2-6,16H,1H3,(H,26,27,28)(H,34,35,36)(H,37,38,39). The number of hydrazone groups is 1. The van der Waals surface area contributed by atoms with Gasteiger partial charge in [-0.25, -0.2) is 0 Å². The van der Waals surface area contributed by atoms with E-state index in [1.54, 1.807) is 0 Å². The maximum atomic E-state index is 13.7. The Balaban J connectivity index is 1.68. The molecule has 14 nitrogen and oxygen atoms in total. The highest BCUT2D eigenvalue weighted by Gasteiger charge is 2.36. The Hall–Kier alpha value is -3.39. The predicted octanol–water partition coefficient (Wildman–Crippen LogP) is 4.83. The Bertz CT molecular complexity index is 1890. The highest BCUT2D eigenvalue weighted by Crippen LogP contribution is 2.37. The topological polar surface area (TPSA) is 204 Å². The fourth-order valence-electron chi connectivity index (χ4n) is 3.36. The Kier molecular flexibility index (Phi) is 8.29. The van der Waals surface area contributed by atoms with Gasteiger partial charge in [-0.05, 0) is 37.3 Å². The predicted molar refractivity (Wildman–Crippen MR) is 142 cm³/mol. The van der Waals surface area contributed by atoms with Crippen LogP contribution in [-0.4, -0.2) is 53.6 Å². The van der Waals surface area contributed by atoms with Gasteiger partial charge in [-0.1, -0.05) is 34.8 Å². The van der Waals surface area contributed by atoms with E-state index in [1.165, 1.54) is 6.92 Å². The number of rotatable bonds is 7. The molecule has 1 atom stereocenters. The maximum absolute atomic E-state index is 13.7. The molecular weight excluding hydrogens is 659 g/mol. The monoisotopic (exact) mass is 669 g/mol. The Labute approximate surface area is 244 Å². The van der Waals surface area contributed by atoms with Crippen molar-refractivity contribution in [3.8, 4) is 0 Å². The molecule has 1 aromatic heterocycles. The average molecular weight is 671 g/mol. The molecule has 2 aromatic carbocycles. The van der Waals surface area contributed by atoms with Gasteiger partial charge < -0.3 is 5.32 Å². The van der Waals surface area contributed by atoms with E-state index in [0.717, 1.165) is 35.3 Å². The summed E-state index contributed by atoms with van der Waals surface area (Å²) in [7, 11) is -9.61. The summed E-state index contributed by atoms with van der Waals surface area (Å²) in [6, 6.07) is 3.30. The summed E-state index contributed by atoms with van der Waals surface area (Å²) < 4.78 is 92.7. The smallest absolute Gasteiger partial charge is 0.313 e. The lowest BCUT2D eigenvalue weighted by Gasteiger charge is -2.15. The quantitative estimate of drug-likeness (QED) is 0.135. The van der Waals surface area contributed by atoms with Crippen molar-refractivity contribution in [2.24, 2.45) is 15.3 Å². The summed E-state index contributed by atoms with van der Waals surface area (Å²) in [6.07, 6.45) is -1.45. The zero-order valence-corrected chi connectivity index (χ0v) is 23.7. The van der Waals surface area contributed by atoms with Gasteiger partial charge in [-0.2, -0.15) is 55.9 Å². The molecule has 1 unspecified atom stereocenters. The van der Waals surface area contributed by atoms with Gasteiger partial charge in [0.1, 0.15) is 20.5 Å². The molecule has 0 aliphatic carbocycles. The van der Waals surface area contributed by atoms with Crippen LogP contribution in [0, 0.1) is 12.0 Å². The van der Waals surface area contributed by atoms with Crippen LogP contribution in [0.4, 0.5) is 31.7 Å². The van der Waals surface area contributed by atoms with Gasteiger partial charge in [-0.15, -0.1) is 0 Å². The minimum absolute atomic E-state index is 0.0335. The van der Waals surface area contributed by atoms with E-state index in [-0.39, 0.29) is 22.1 Å². The number of halogens is 5. The van der Waals surface area contributed by atoms with Crippen molar-refractivity contribution in [3.05, 3.63) is 57.4 Å². The van der Waals surface area contributed by atoms with Crippen molar-refractivity contribution < 1.29 is 39.5 Å². The van der Waals surface area contributed by atoms with Crippen LogP contribution in [0.2, 0.25) is 15.1 Å². The first kappa shape index (κ1) is 30.6. The van der Waals surface area contributed by atoms with Gasteiger partial charge in [-0.3, -0.25) is 13.9 Å². The highest BCUT2D eigenvalue weighted by atomic mass is 35.5. The van der Waals surface area contributed by atoms with Crippen molar-refractivity contribution in [1.29, 1.82) is 0 Å². The summed E-state index contributed by atoms with van der Waals surface area (Å²) in [6.45, 7) is 1.37. The van der Waals surface area contributed by atoms with Crippen LogP contribution in [0.15, 0.2) is 55.5 Å². The zero-order chi connectivity index (χ0) is 30.4.